The van der Waals surface area contributed by atoms with E-state index in [0.29, 0.717) is 17.8 Å². The number of carbonyl (C=O) groups excluding carboxylic acids is 1. The second-order valence-electron chi connectivity index (χ2n) is 5.25. The van der Waals surface area contributed by atoms with E-state index in [1.54, 1.807) is 36.3 Å². The Morgan fingerprint density at radius 1 is 1.13 bits per heavy atom. The van der Waals surface area contributed by atoms with Crippen LogP contribution >= 0.6 is 0 Å². The van der Waals surface area contributed by atoms with Gasteiger partial charge in [-0.25, -0.2) is 4.39 Å². The molecule has 0 radical (unpaired) electrons. The Balaban J connectivity index is 1.74. The van der Waals surface area contributed by atoms with Crippen molar-refractivity contribution in [3.8, 4) is 0 Å². The van der Waals surface area contributed by atoms with E-state index in [9.17, 15) is 9.18 Å². The number of benzene rings is 2. The van der Waals surface area contributed by atoms with Gasteiger partial charge in [-0.2, -0.15) is 5.10 Å². The van der Waals surface area contributed by atoms with Crippen LogP contribution in [0, 0.1) is 5.82 Å². The van der Waals surface area contributed by atoms with Gasteiger partial charge in [0.1, 0.15) is 5.82 Å². The first-order chi connectivity index (χ1) is 11.1. The zero-order valence-corrected chi connectivity index (χ0v) is 12.7. The maximum atomic E-state index is 13.0. The Labute approximate surface area is 133 Å². The van der Waals surface area contributed by atoms with E-state index in [1.165, 1.54) is 17.0 Å². The molecule has 1 aromatic heterocycles. The first-order valence-electron chi connectivity index (χ1n) is 7.23. The second kappa shape index (κ2) is 6.44. The Bertz CT molecular complexity index is 797. The van der Waals surface area contributed by atoms with Crippen molar-refractivity contribution >= 4 is 11.6 Å². The molecule has 0 aliphatic carbocycles. The predicted octanol–water partition coefficient (Wildman–Crippen LogP) is 3.35. The second-order valence-corrected chi connectivity index (χ2v) is 5.25. The van der Waals surface area contributed by atoms with Crippen LogP contribution in [0.15, 0.2) is 67.0 Å². The number of aromatic nitrogens is 2. The summed E-state index contributed by atoms with van der Waals surface area (Å²) in [7, 11) is 1.66. The van der Waals surface area contributed by atoms with Crippen LogP contribution in [0.2, 0.25) is 0 Å². The van der Waals surface area contributed by atoms with Crippen molar-refractivity contribution < 1.29 is 9.18 Å². The highest BCUT2D eigenvalue weighted by Gasteiger charge is 2.15. The molecule has 1 heterocycles. The summed E-state index contributed by atoms with van der Waals surface area (Å²) in [5.41, 5.74) is 2.24. The quantitative estimate of drug-likeness (QED) is 0.741. The molecule has 0 aliphatic heterocycles. The van der Waals surface area contributed by atoms with Crippen LogP contribution in [-0.4, -0.2) is 22.7 Å². The number of nitrogens with zero attached hydrogens (tertiary/aromatic N) is 3. The van der Waals surface area contributed by atoms with Gasteiger partial charge >= 0.3 is 0 Å². The normalized spacial score (nSPS) is 10.5. The minimum atomic E-state index is -0.328. The van der Waals surface area contributed by atoms with Gasteiger partial charge in [0, 0.05) is 18.9 Å². The minimum Gasteiger partial charge on any atom is -0.311 e. The smallest absolute Gasteiger partial charge is 0.261 e. The van der Waals surface area contributed by atoms with Crippen LogP contribution in [0.25, 0.3) is 0 Å². The summed E-state index contributed by atoms with van der Waals surface area (Å²) in [4.78, 5) is 14.0. The van der Waals surface area contributed by atoms with Gasteiger partial charge in [-0.1, -0.05) is 30.3 Å². The van der Waals surface area contributed by atoms with Gasteiger partial charge in [-0.05, 0) is 29.8 Å². The van der Waals surface area contributed by atoms with Gasteiger partial charge in [0.2, 0.25) is 0 Å². The molecular formula is C18H16FN3O. The molecule has 1 amide bonds. The number of amides is 1. The zero-order valence-electron chi connectivity index (χ0n) is 12.7. The van der Waals surface area contributed by atoms with E-state index in [4.69, 9.17) is 0 Å². The molecule has 0 spiro atoms. The lowest BCUT2D eigenvalue weighted by molar-refractivity contribution is 0.0993. The summed E-state index contributed by atoms with van der Waals surface area (Å²) < 4.78 is 14.7. The molecule has 0 bridgehead atoms. The molecule has 0 unspecified atom stereocenters. The van der Waals surface area contributed by atoms with Crippen LogP contribution in [0.4, 0.5) is 10.1 Å². The highest BCUT2D eigenvalue weighted by atomic mass is 19.1. The van der Waals surface area contributed by atoms with Gasteiger partial charge in [0.05, 0.1) is 18.3 Å². The van der Waals surface area contributed by atoms with Gasteiger partial charge in [-0.15, -0.1) is 0 Å². The van der Waals surface area contributed by atoms with E-state index in [2.05, 4.69) is 5.10 Å². The van der Waals surface area contributed by atoms with Crippen LogP contribution in [-0.2, 0) is 6.54 Å². The SMILES string of the molecule is CN(C(=O)c1cnn(Cc2ccccc2)c1)c1ccc(F)cc1. The molecule has 0 fully saturated rings. The summed E-state index contributed by atoms with van der Waals surface area (Å²) in [6.45, 7) is 0.606. The van der Waals surface area contributed by atoms with Crippen molar-refractivity contribution in [3.05, 3.63) is 83.9 Å². The third-order valence-electron chi connectivity index (χ3n) is 3.59. The summed E-state index contributed by atoms with van der Waals surface area (Å²) in [6, 6.07) is 15.7. The maximum absolute atomic E-state index is 13.0. The van der Waals surface area contributed by atoms with Gasteiger partial charge < -0.3 is 4.90 Å². The topological polar surface area (TPSA) is 38.1 Å². The molecule has 0 atom stereocenters. The molecule has 2 aromatic carbocycles. The number of rotatable bonds is 4. The largest absolute Gasteiger partial charge is 0.311 e. The molecule has 0 saturated carbocycles. The predicted molar refractivity (Wildman–Crippen MR) is 86.9 cm³/mol. The molecule has 5 heteroatoms. The van der Waals surface area contributed by atoms with E-state index < -0.39 is 0 Å². The third-order valence-corrected chi connectivity index (χ3v) is 3.59. The van der Waals surface area contributed by atoms with Crippen LogP contribution < -0.4 is 4.90 Å². The van der Waals surface area contributed by atoms with Crippen molar-refractivity contribution in [2.45, 2.75) is 6.54 Å². The summed E-state index contributed by atoms with van der Waals surface area (Å²) >= 11 is 0. The number of carbonyl (C=O) groups is 1. The number of halogens is 1. The van der Waals surface area contributed by atoms with Crippen molar-refractivity contribution in [1.82, 2.24) is 9.78 Å². The fraction of sp³-hybridized carbons (Fsp3) is 0.111. The van der Waals surface area contributed by atoms with Crippen molar-refractivity contribution in [2.75, 3.05) is 11.9 Å². The molecule has 23 heavy (non-hydrogen) atoms. The summed E-state index contributed by atoms with van der Waals surface area (Å²) in [5, 5.41) is 4.23. The van der Waals surface area contributed by atoms with E-state index >= 15 is 0 Å². The fourth-order valence-corrected chi connectivity index (χ4v) is 2.31. The molecule has 3 rings (SSSR count). The van der Waals surface area contributed by atoms with Crippen LogP contribution in [0.3, 0.4) is 0 Å². The molecule has 0 N–H and O–H groups in total. The Hall–Kier alpha value is -2.95. The highest BCUT2D eigenvalue weighted by Crippen LogP contribution is 2.16. The molecular weight excluding hydrogens is 293 g/mol. The average molecular weight is 309 g/mol. The molecule has 3 aromatic rings. The molecule has 0 aliphatic rings. The van der Waals surface area contributed by atoms with Crippen molar-refractivity contribution in [1.29, 1.82) is 0 Å². The van der Waals surface area contributed by atoms with E-state index in [1.807, 2.05) is 30.3 Å². The lowest BCUT2D eigenvalue weighted by atomic mass is 10.2. The fourth-order valence-electron chi connectivity index (χ4n) is 2.31. The summed E-state index contributed by atoms with van der Waals surface area (Å²) in [6.07, 6.45) is 3.26. The lowest BCUT2D eigenvalue weighted by Gasteiger charge is -2.16. The van der Waals surface area contributed by atoms with E-state index in [0.717, 1.165) is 5.56 Å². The van der Waals surface area contributed by atoms with Gasteiger partial charge in [0.25, 0.3) is 5.91 Å². The Kier molecular flexibility index (Phi) is 4.19. The van der Waals surface area contributed by atoms with Crippen LogP contribution in [0.1, 0.15) is 15.9 Å². The number of anilines is 1. The lowest BCUT2D eigenvalue weighted by Crippen LogP contribution is -2.25. The summed E-state index contributed by atoms with van der Waals surface area (Å²) in [5.74, 6) is -0.513. The number of hydrogen-bond acceptors (Lipinski definition) is 2. The van der Waals surface area contributed by atoms with Crippen LogP contribution in [0.5, 0.6) is 0 Å². The minimum absolute atomic E-state index is 0.184. The number of hydrogen-bond donors (Lipinski definition) is 0. The first kappa shape index (κ1) is 15.0. The van der Waals surface area contributed by atoms with E-state index in [-0.39, 0.29) is 11.7 Å². The van der Waals surface area contributed by atoms with Gasteiger partial charge in [-0.3, -0.25) is 9.48 Å². The average Bonchev–Trinajstić information content (AvgIpc) is 3.03. The third kappa shape index (κ3) is 3.45. The molecule has 0 saturated heterocycles. The van der Waals surface area contributed by atoms with Crippen molar-refractivity contribution in [3.63, 3.8) is 0 Å². The zero-order chi connectivity index (χ0) is 16.2. The van der Waals surface area contributed by atoms with Gasteiger partial charge in [0.15, 0.2) is 0 Å². The maximum Gasteiger partial charge on any atom is 0.261 e. The van der Waals surface area contributed by atoms with Crippen molar-refractivity contribution in [2.24, 2.45) is 0 Å². The Morgan fingerprint density at radius 3 is 2.52 bits per heavy atom. The Morgan fingerprint density at radius 2 is 1.83 bits per heavy atom. The molecule has 116 valence electrons. The highest BCUT2D eigenvalue weighted by molar-refractivity contribution is 6.05. The molecule has 4 nitrogen and oxygen atoms in total. The monoisotopic (exact) mass is 309 g/mol. The standard InChI is InChI=1S/C18H16FN3O/c1-21(17-9-7-16(19)8-10-17)18(23)15-11-20-22(13-15)12-14-5-3-2-4-6-14/h2-11,13H,12H2,1H3. The first-order valence-corrected chi connectivity index (χ1v) is 7.23.